The summed E-state index contributed by atoms with van der Waals surface area (Å²) in [6.07, 6.45) is 6.64. The minimum Gasteiger partial charge on any atom is -0.360 e. The van der Waals surface area contributed by atoms with Crippen LogP contribution < -0.4 is 4.72 Å². The summed E-state index contributed by atoms with van der Waals surface area (Å²) >= 11 is 0. The number of hydrogen-bond donors (Lipinski definition) is 2. The van der Waals surface area contributed by atoms with E-state index in [0.717, 1.165) is 11.1 Å². The fraction of sp³-hybridized carbons (Fsp3) is 0.105. The molecule has 0 saturated heterocycles. The van der Waals surface area contributed by atoms with Gasteiger partial charge in [0, 0.05) is 37.2 Å². The minimum atomic E-state index is -3.85. The van der Waals surface area contributed by atoms with Gasteiger partial charge in [0.05, 0.1) is 11.7 Å². The van der Waals surface area contributed by atoms with Crippen molar-refractivity contribution in [3.63, 3.8) is 0 Å². The van der Waals surface area contributed by atoms with Crippen LogP contribution in [0.25, 0.3) is 10.9 Å². The van der Waals surface area contributed by atoms with Gasteiger partial charge in [0.1, 0.15) is 10.7 Å². The number of H-pyrrole nitrogens is 1. The van der Waals surface area contributed by atoms with Crippen LogP contribution in [0, 0.1) is 5.82 Å². The summed E-state index contributed by atoms with van der Waals surface area (Å²) in [5, 5.41) is 0.0701. The maximum absolute atomic E-state index is 14.1. The molecule has 0 aliphatic carbocycles. The molecule has 2 aromatic carbocycles. The Labute approximate surface area is 155 Å². The first-order chi connectivity index (χ1) is 13.0. The molecular weight excluding hydrogens is 367 g/mol. The summed E-state index contributed by atoms with van der Waals surface area (Å²) in [6, 6.07) is 12.0. The lowest BCUT2D eigenvalue weighted by Gasteiger charge is -2.08. The Morgan fingerprint density at radius 3 is 2.63 bits per heavy atom. The molecule has 138 valence electrons. The number of fused-ring (bicyclic) bond motifs is 1. The van der Waals surface area contributed by atoms with E-state index in [4.69, 9.17) is 0 Å². The largest absolute Gasteiger partial charge is 0.360 e. The maximum Gasteiger partial charge on any atom is 0.243 e. The SMILES string of the molecule is O=S(=O)(NCc1ccc(Cn2ccnc2)cc1)c1c[nH]c2cccc(F)c12. The first-order valence-electron chi connectivity index (χ1n) is 8.32. The van der Waals surface area contributed by atoms with E-state index in [1.807, 2.05) is 35.0 Å². The second-order valence-corrected chi connectivity index (χ2v) is 7.93. The van der Waals surface area contributed by atoms with Crippen LogP contribution in [-0.4, -0.2) is 23.0 Å². The molecular formula is C19H17FN4O2S. The number of benzene rings is 2. The van der Waals surface area contributed by atoms with Crippen molar-refractivity contribution in [1.29, 1.82) is 0 Å². The molecule has 27 heavy (non-hydrogen) atoms. The minimum absolute atomic E-state index is 0.0701. The zero-order valence-electron chi connectivity index (χ0n) is 14.3. The van der Waals surface area contributed by atoms with Crippen molar-refractivity contribution in [2.75, 3.05) is 0 Å². The first-order valence-corrected chi connectivity index (χ1v) is 9.80. The van der Waals surface area contributed by atoms with Crippen molar-refractivity contribution in [1.82, 2.24) is 19.3 Å². The van der Waals surface area contributed by atoms with Crippen molar-refractivity contribution in [2.45, 2.75) is 18.0 Å². The van der Waals surface area contributed by atoms with Gasteiger partial charge in [-0.25, -0.2) is 22.5 Å². The predicted octanol–water partition coefficient (Wildman–Crippen LogP) is 3.03. The second-order valence-electron chi connectivity index (χ2n) is 6.19. The molecule has 2 heterocycles. The highest BCUT2D eigenvalue weighted by Crippen LogP contribution is 2.25. The average Bonchev–Trinajstić information content (AvgIpc) is 3.32. The highest BCUT2D eigenvalue weighted by atomic mass is 32.2. The van der Waals surface area contributed by atoms with Crippen molar-refractivity contribution in [3.8, 4) is 0 Å². The Morgan fingerprint density at radius 1 is 1.11 bits per heavy atom. The molecule has 0 fully saturated rings. The number of rotatable bonds is 6. The quantitative estimate of drug-likeness (QED) is 0.536. The molecule has 0 bridgehead atoms. The van der Waals surface area contributed by atoms with Gasteiger partial charge in [0.25, 0.3) is 0 Å². The average molecular weight is 384 g/mol. The van der Waals surface area contributed by atoms with Crippen molar-refractivity contribution in [3.05, 3.63) is 84.3 Å². The molecule has 4 rings (SSSR count). The van der Waals surface area contributed by atoms with E-state index in [0.29, 0.717) is 12.1 Å². The lowest BCUT2D eigenvalue weighted by molar-refractivity contribution is 0.581. The van der Waals surface area contributed by atoms with Crippen LogP contribution >= 0.6 is 0 Å². The molecule has 6 nitrogen and oxygen atoms in total. The number of hydrogen-bond acceptors (Lipinski definition) is 3. The van der Waals surface area contributed by atoms with E-state index in [-0.39, 0.29) is 16.8 Å². The van der Waals surface area contributed by atoms with Gasteiger partial charge in [0.2, 0.25) is 10.0 Å². The fourth-order valence-corrected chi connectivity index (χ4v) is 4.13. The van der Waals surface area contributed by atoms with Gasteiger partial charge < -0.3 is 9.55 Å². The lowest BCUT2D eigenvalue weighted by atomic mass is 10.1. The number of aromatic amines is 1. The fourth-order valence-electron chi connectivity index (χ4n) is 2.93. The van der Waals surface area contributed by atoms with Crippen LogP contribution in [0.5, 0.6) is 0 Å². The smallest absolute Gasteiger partial charge is 0.243 e. The molecule has 0 saturated carbocycles. The Balaban J connectivity index is 1.49. The van der Waals surface area contributed by atoms with E-state index in [1.165, 1.54) is 18.3 Å². The molecule has 8 heteroatoms. The predicted molar refractivity (Wildman–Crippen MR) is 100 cm³/mol. The van der Waals surface area contributed by atoms with Gasteiger partial charge in [-0.15, -0.1) is 0 Å². The standard InChI is InChI=1S/C19H17FN4O2S/c20-16-2-1-3-17-19(16)18(11-22-17)27(25,26)23-10-14-4-6-15(7-5-14)12-24-9-8-21-13-24/h1-9,11,13,22-23H,10,12H2. The number of imidazole rings is 1. The molecule has 0 aliphatic heterocycles. The van der Waals surface area contributed by atoms with Gasteiger partial charge in [-0.1, -0.05) is 30.3 Å². The van der Waals surface area contributed by atoms with E-state index < -0.39 is 15.8 Å². The summed E-state index contributed by atoms with van der Waals surface area (Å²) in [4.78, 5) is 6.71. The maximum atomic E-state index is 14.1. The summed E-state index contributed by atoms with van der Waals surface area (Å²) in [6.45, 7) is 0.815. The summed E-state index contributed by atoms with van der Waals surface area (Å²) < 4.78 is 43.7. The van der Waals surface area contributed by atoms with Gasteiger partial charge in [-0.05, 0) is 23.3 Å². The Morgan fingerprint density at radius 2 is 1.89 bits per heavy atom. The molecule has 0 amide bonds. The monoisotopic (exact) mass is 384 g/mol. The molecule has 0 radical (unpaired) electrons. The highest BCUT2D eigenvalue weighted by molar-refractivity contribution is 7.89. The number of aromatic nitrogens is 3. The summed E-state index contributed by atoms with van der Waals surface area (Å²) in [7, 11) is -3.85. The van der Waals surface area contributed by atoms with Crippen molar-refractivity contribution < 1.29 is 12.8 Å². The first kappa shape index (κ1) is 17.4. The third-order valence-electron chi connectivity index (χ3n) is 4.32. The Kier molecular flexibility index (Phi) is 4.51. The van der Waals surface area contributed by atoms with Crippen LogP contribution in [-0.2, 0) is 23.1 Å². The van der Waals surface area contributed by atoms with Crippen LogP contribution in [0.15, 0.2) is 72.3 Å². The number of halogens is 1. The number of nitrogens with zero attached hydrogens (tertiary/aromatic N) is 2. The van der Waals surface area contributed by atoms with E-state index in [2.05, 4.69) is 14.7 Å². The van der Waals surface area contributed by atoms with Gasteiger partial charge >= 0.3 is 0 Å². The zero-order chi connectivity index (χ0) is 18.9. The summed E-state index contributed by atoms with van der Waals surface area (Å²) in [5.74, 6) is -0.571. The molecule has 0 atom stereocenters. The van der Waals surface area contributed by atoms with Crippen LogP contribution in [0.3, 0.4) is 0 Å². The molecule has 2 N–H and O–H groups in total. The topological polar surface area (TPSA) is 79.8 Å². The summed E-state index contributed by atoms with van der Waals surface area (Å²) in [5.41, 5.74) is 2.34. The third-order valence-corrected chi connectivity index (χ3v) is 5.75. The van der Waals surface area contributed by atoms with E-state index in [9.17, 15) is 12.8 Å². The number of sulfonamides is 1. The van der Waals surface area contributed by atoms with Crippen LogP contribution in [0.4, 0.5) is 4.39 Å². The highest BCUT2D eigenvalue weighted by Gasteiger charge is 2.21. The van der Waals surface area contributed by atoms with Crippen molar-refractivity contribution >= 4 is 20.9 Å². The molecule has 0 spiro atoms. The van der Waals surface area contributed by atoms with E-state index >= 15 is 0 Å². The molecule has 0 unspecified atom stereocenters. The Bertz CT molecular complexity index is 1170. The van der Waals surface area contributed by atoms with Crippen LogP contribution in [0.2, 0.25) is 0 Å². The Hall–Kier alpha value is -2.97. The third kappa shape index (κ3) is 3.62. The van der Waals surface area contributed by atoms with Gasteiger partial charge in [-0.3, -0.25) is 0 Å². The van der Waals surface area contributed by atoms with Crippen LogP contribution in [0.1, 0.15) is 11.1 Å². The normalized spacial score (nSPS) is 11.9. The molecule has 2 aromatic heterocycles. The second kappa shape index (κ2) is 6.98. The zero-order valence-corrected chi connectivity index (χ0v) is 15.1. The van der Waals surface area contributed by atoms with Gasteiger partial charge in [-0.2, -0.15) is 0 Å². The van der Waals surface area contributed by atoms with Crippen molar-refractivity contribution in [2.24, 2.45) is 0 Å². The van der Waals surface area contributed by atoms with E-state index in [1.54, 1.807) is 18.6 Å². The molecule has 0 aliphatic rings. The van der Waals surface area contributed by atoms with Gasteiger partial charge in [0.15, 0.2) is 0 Å². The number of nitrogens with one attached hydrogen (secondary N) is 2. The molecule has 4 aromatic rings. The lowest BCUT2D eigenvalue weighted by Crippen LogP contribution is -2.23.